The molecular formula is C15H25ClN4O. The van der Waals surface area contributed by atoms with E-state index < -0.39 is 0 Å². The number of hydrogen-bond acceptors (Lipinski definition) is 3. The van der Waals surface area contributed by atoms with Crippen molar-refractivity contribution in [1.29, 1.82) is 0 Å². The summed E-state index contributed by atoms with van der Waals surface area (Å²) >= 11 is 6.32. The third-order valence-corrected chi connectivity index (χ3v) is 4.56. The summed E-state index contributed by atoms with van der Waals surface area (Å²) in [5, 5.41) is 5.15. The van der Waals surface area contributed by atoms with Crippen LogP contribution in [0.2, 0.25) is 5.15 Å². The standard InChI is InChI=1S/C15H25ClN4O/c1-4-13-12(15(16)19(3)17-13)11-18(2)9-10-20-8-6-5-7-14(20)21/h4-11H2,1-3H3. The van der Waals surface area contributed by atoms with E-state index in [0.717, 1.165) is 56.7 Å². The zero-order valence-corrected chi connectivity index (χ0v) is 14.0. The molecule has 0 aromatic carbocycles. The summed E-state index contributed by atoms with van der Waals surface area (Å²) in [6.07, 6.45) is 3.76. The molecule has 1 aliphatic heterocycles. The van der Waals surface area contributed by atoms with Crippen LogP contribution in [0.15, 0.2) is 0 Å². The molecule has 0 unspecified atom stereocenters. The first-order valence-electron chi connectivity index (χ1n) is 7.69. The summed E-state index contributed by atoms with van der Waals surface area (Å²) in [5.74, 6) is 0.295. The third-order valence-electron chi connectivity index (χ3n) is 4.09. The van der Waals surface area contributed by atoms with Gasteiger partial charge in [-0.3, -0.25) is 9.48 Å². The molecule has 0 saturated carbocycles. The van der Waals surface area contributed by atoms with Gasteiger partial charge in [-0.25, -0.2) is 0 Å². The van der Waals surface area contributed by atoms with Crippen molar-refractivity contribution in [3.05, 3.63) is 16.4 Å². The molecule has 1 fully saturated rings. The number of aryl methyl sites for hydroxylation is 2. The molecule has 0 N–H and O–H groups in total. The molecule has 2 rings (SSSR count). The number of piperidine rings is 1. The maximum absolute atomic E-state index is 11.8. The van der Waals surface area contributed by atoms with Crippen molar-refractivity contribution >= 4 is 17.5 Å². The first kappa shape index (κ1) is 16.3. The lowest BCUT2D eigenvalue weighted by atomic mass is 10.1. The molecule has 5 nitrogen and oxygen atoms in total. The molecule has 0 spiro atoms. The van der Waals surface area contributed by atoms with E-state index in [1.807, 2.05) is 11.9 Å². The maximum atomic E-state index is 11.8. The van der Waals surface area contributed by atoms with Gasteiger partial charge >= 0.3 is 0 Å². The fourth-order valence-corrected chi connectivity index (χ4v) is 2.99. The van der Waals surface area contributed by atoms with E-state index in [2.05, 4.69) is 24.0 Å². The SMILES string of the molecule is CCc1nn(C)c(Cl)c1CN(C)CCN1CCCCC1=O. The third kappa shape index (κ3) is 3.98. The Kier molecular flexibility index (Phi) is 5.65. The summed E-state index contributed by atoms with van der Waals surface area (Å²) in [6.45, 7) is 5.43. The second-order valence-corrected chi connectivity index (χ2v) is 6.13. The molecule has 21 heavy (non-hydrogen) atoms. The number of nitrogens with zero attached hydrogens (tertiary/aromatic N) is 4. The van der Waals surface area contributed by atoms with Gasteiger partial charge in [0.05, 0.1) is 5.69 Å². The number of halogens is 1. The molecular weight excluding hydrogens is 288 g/mol. The second kappa shape index (κ2) is 7.27. The lowest BCUT2D eigenvalue weighted by Gasteiger charge is -2.28. The van der Waals surface area contributed by atoms with Crippen LogP contribution >= 0.6 is 11.6 Å². The van der Waals surface area contributed by atoms with Crippen molar-refractivity contribution in [3.8, 4) is 0 Å². The molecule has 1 aliphatic rings. The quantitative estimate of drug-likeness (QED) is 0.807. The first-order chi connectivity index (χ1) is 10.0. The van der Waals surface area contributed by atoms with E-state index in [4.69, 9.17) is 11.6 Å². The lowest BCUT2D eigenvalue weighted by Crippen LogP contribution is -2.40. The molecule has 1 saturated heterocycles. The summed E-state index contributed by atoms with van der Waals surface area (Å²) in [6, 6.07) is 0. The molecule has 6 heteroatoms. The number of likely N-dealkylation sites (N-methyl/N-ethyl adjacent to an activating group) is 1. The Balaban J connectivity index is 1.89. The van der Waals surface area contributed by atoms with Crippen LogP contribution in [0.5, 0.6) is 0 Å². The Morgan fingerprint density at radius 1 is 1.38 bits per heavy atom. The fourth-order valence-electron chi connectivity index (χ4n) is 2.78. The highest BCUT2D eigenvalue weighted by atomic mass is 35.5. The minimum absolute atomic E-state index is 0.295. The normalized spacial score (nSPS) is 16.0. The Bertz CT molecular complexity index is 500. The van der Waals surface area contributed by atoms with Crippen LogP contribution in [-0.4, -0.2) is 52.2 Å². The van der Waals surface area contributed by atoms with Crippen molar-refractivity contribution < 1.29 is 4.79 Å². The zero-order chi connectivity index (χ0) is 15.4. The van der Waals surface area contributed by atoms with Gasteiger partial charge in [-0.2, -0.15) is 5.10 Å². The Hall–Kier alpha value is -1.07. The van der Waals surface area contributed by atoms with Gasteiger partial charge in [0, 0.05) is 45.2 Å². The van der Waals surface area contributed by atoms with Crippen LogP contribution in [0.1, 0.15) is 37.4 Å². The van der Waals surface area contributed by atoms with E-state index in [9.17, 15) is 4.79 Å². The number of carbonyl (C=O) groups excluding carboxylic acids is 1. The predicted octanol–water partition coefficient (Wildman–Crippen LogP) is 2.08. The topological polar surface area (TPSA) is 41.4 Å². The van der Waals surface area contributed by atoms with Crippen molar-refractivity contribution in [2.24, 2.45) is 7.05 Å². The van der Waals surface area contributed by atoms with Gasteiger partial charge in [-0.15, -0.1) is 0 Å². The number of hydrogen-bond donors (Lipinski definition) is 0. The molecule has 0 aliphatic carbocycles. The molecule has 0 radical (unpaired) electrons. The van der Waals surface area contributed by atoms with E-state index in [1.165, 1.54) is 0 Å². The molecule has 1 amide bonds. The molecule has 1 aromatic rings. The summed E-state index contributed by atoms with van der Waals surface area (Å²) < 4.78 is 1.73. The van der Waals surface area contributed by atoms with E-state index in [0.29, 0.717) is 17.5 Å². The van der Waals surface area contributed by atoms with Gasteiger partial charge in [-0.1, -0.05) is 18.5 Å². The lowest BCUT2D eigenvalue weighted by molar-refractivity contribution is -0.133. The number of aromatic nitrogens is 2. The van der Waals surface area contributed by atoms with Gasteiger partial charge in [0.2, 0.25) is 5.91 Å². The van der Waals surface area contributed by atoms with Crippen LogP contribution in [-0.2, 0) is 24.8 Å². The van der Waals surface area contributed by atoms with Crippen LogP contribution in [0.4, 0.5) is 0 Å². The largest absolute Gasteiger partial charge is 0.341 e. The number of carbonyl (C=O) groups is 1. The maximum Gasteiger partial charge on any atom is 0.222 e. The summed E-state index contributed by atoms with van der Waals surface area (Å²) in [5.41, 5.74) is 2.16. The van der Waals surface area contributed by atoms with Crippen molar-refractivity contribution in [2.45, 2.75) is 39.2 Å². The van der Waals surface area contributed by atoms with Crippen molar-refractivity contribution in [2.75, 3.05) is 26.7 Å². The summed E-state index contributed by atoms with van der Waals surface area (Å²) in [7, 11) is 3.94. The minimum atomic E-state index is 0.295. The van der Waals surface area contributed by atoms with Gasteiger partial charge < -0.3 is 9.80 Å². The highest BCUT2D eigenvalue weighted by Gasteiger charge is 2.19. The zero-order valence-electron chi connectivity index (χ0n) is 13.2. The van der Waals surface area contributed by atoms with E-state index in [1.54, 1.807) is 4.68 Å². The Morgan fingerprint density at radius 2 is 2.14 bits per heavy atom. The Morgan fingerprint density at radius 3 is 2.81 bits per heavy atom. The van der Waals surface area contributed by atoms with E-state index in [-0.39, 0.29) is 0 Å². The highest BCUT2D eigenvalue weighted by molar-refractivity contribution is 6.30. The fraction of sp³-hybridized carbons (Fsp3) is 0.733. The average Bonchev–Trinajstić information content (AvgIpc) is 2.74. The van der Waals surface area contributed by atoms with Gasteiger partial charge in [0.1, 0.15) is 5.15 Å². The van der Waals surface area contributed by atoms with Crippen LogP contribution in [0.25, 0.3) is 0 Å². The van der Waals surface area contributed by atoms with Crippen molar-refractivity contribution in [3.63, 3.8) is 0 Å². The number of amides is 1. The van der Waals surface area contributed by atoms with Crippen LogP contribution in [0, 0.1) is 0 Å². The van der Waals surface area contributed by atoms with Gasteiger partial charge in [0.15, 0.2) is 0 Å². The average molecular weight is 313 g/mol. The van der Waals surface area contributed by atoms with Crippen LogP contribution < -0.4 is 0 Å². The molecule has 0 bridgehead atoms. The molecule has 2 heterocycles. The molecule has 1 aromatic heterocycles. The molecule has 0 atom stereocenters. The van der Waals surface area contributed by atoms with Gasteiger partial charge in [0.25, 0.3) is 0 Å². The smallest absolute Gasteiger partial charge is 0.222 e. The minimum Gasteiger partial charge on any atom is -0.341 e. The first-order valence-corrected chi connectivity index (χ1v) is 8.07. The monoisotopic (exact) mass is 312 g/mol. The number of likely N-dealkylation sites (tertiary alicyclic amines) is 1. The summed E-state index contributed by atoms with van der Waals surface area (Å²) in [4.78, 5) is 16.0. The second-order valence-electron chi connectivity index (χ2n) is 5.77. The highest BCUT2D eigenvalue weighted by Crippen LogP contribution is 2.21. The van der Waals surface area contributed by atoms with Crippen LogP contribution in [0.3, 0.4) is 0 Å². The Labute approximate surface area is 131 Å². The van der Waals surface area contributed by atoms with E-state index >= 15 is 0 Å². The van der Waals surface area contributed by atoms with Crippen molar-refractivity contribution in [1.82, 2.24) is 19.6 Å². The van der Waals surface area contributed by atoms with Gasteiger partial charge in [-0.05, 0) is 26.3 Å². The number of rotatable bonds is 6. The molecule has 118 valence electrons. The predicted molar refractivity (Wildman–Crippen MR) is 84.4 cm³/mol.